The predicted molar refractivity (Wildman–Crippen MR) is 70.3 cm³/mol. The number of hydrogen-bond donors (Lipinski definition) is 1. The largest absolute Gasteiger partial charge is 0.370 e. The van der Waals surface area contributed by atoms with E-state index in [1.165, 1.54) is 24.1 Å². The summed E-state index contributed by atoms with van der Waals surface area (Å²) in [7, 11) is 0. The van der Waals surface area contributed by atoms with Crippen LogP contribution in [0.2, 0.25) is 5.02 Å². The molecule has 1 aromatic carbocycles. The van der Waals surface area contributed by atoms with Crippen molar-refractivity contribution in [1.82, 2.24) is 5.32 Å². The first kappa shape index (κ1) is 11.7. The second kappa shape index (κ2) is 5.55. The lowest BCUT2D eigenvalue weighted by Crippen LogP contribution is -2.22. The minimum Gasteiger partial charge on any atom is -0.370 e. The van der Waals surface area contributed by atoms with Gasteiger partial charge in [-0.05, 0) is 31.0 Å². The minimum atomic E-state index is 0.886. The Labute approximate surface area is 103 Å². The Morgan fingerprint density at radius 3 is 2.75 bits per heavy atom. The van der Waals surface area contributed by atoms with Gasteiger partial charge in [0.2, 0.25) is 0 Å². The zero-order valence-electron chi connectivity index (χ0n) is 9.80. The molecule has 1 aliphatic rings. The lowest BCUT2D eigenvalue weighted by atomic mass is 10.1. The van der Waals surface area contributed by atoms with E-state index in [0.717, 1.165) is 31.2 Å². The molecular formula is C13H19ClN2. The number of nitrogens with one attached hydrogen (secondary N) is 1. The van der Waals surface area contributed by atoms with E-state index in [0.29, 0.717) is 0 Å². The monoisotopic (exact) mass is 238 g/mol. The normalized spacial score (nSPS) is 15.8. The first-order valence-corrected chi connectivity index (χ1v) is 6.43. The maximum Gasteiger partial charge on any atom is 0.0642 e. The molecule has 0 saturated carbocycles. The minimum absolute atomic E-state index is 0.886. The third kappa shape index (κ3) is 2.50. The summed E-state index contributed by atoms with van der Waals surface area (Å²) in [5.41, 5.74) is 2.55. The van der Waals surface area contributed by atoms with E-state index in [4.69, 9.17) is 11.6 Å². The van der Waals surface area contributed by atoms with Gasteiger partial charge in [0.1, 0.15) is 0 Å². The average molecular weight is 239 g/mol. The van der Waals surface area contributed by atoms with Gasteiger partial charge in [-0.3, -0.25) is 0 Å². The molecule has 1 fully saturated rings. The van der Waals surface area contributed by atoms with Crippen molar-refractivity contribution in [3.63, 3.8) is 0 Å². The molecule has 1 N–H and O–H groups in total. The Morgan fingerprint density at radius 1 is 1.31 bits per heavy atom. The van der Waals surface area contributed by atoms with Gasteiger partial charge in [-0.25, -0.2) is 0 Å². The molecule has 3 heteroatoms. The van der Waals surface area contributed by atoms with Crippen LogP contribution in [0.3, 0.4) is 0 Å². The molecule has 0 atom stereocenters. The molecule has 2 rings (SSSR count). The molecule has 1 saturated heterocycles. The van der Waals surface area contributed by atoms with Crippen LogP contribution in [0.1, 0.15) is 25.3 Å². The molecule has 16 heavy (non-hydrogen) atoms. The molecule has 0 aromatic heterocycles. The fourth-order valence-corrected chi connectivity index (χ4v) is 2.57. The van der Waals surface area contributed by atoms with Crippen LogP contribution in [-0.4, -0.2) is 19.6 Å². The summed E-state index contributed by atoms with van der Waals surface area (Å²) >= 11 is 6.32. The first-order chi connectivity index (χ1) is 7.83. The van der Waals surface area contributed by atoms with Gasteiger partial charge in [0, 0.05) is 19.6 Å². The average Bonchev–Trinajstić information content (AvgIpc) is 2.79. The highest BCUT2D eigenvalue weighted by molar-refractivity contribution is 6.33. The van der Waals surface area contributed by atoms with Crippen molar-refractivity contribution < 1.29 is 0 Å². The number of benzene rings is 1. The third-order valence-electron chi connectivity index (χ3n) is 3.06. The summed E-state index contributed by atoms with van der Waals surface area (Å²) in [5, 5.41) is 4.26. The van der Waals surface area contributed by atoms with E-state index < -0.39 is 0 Å². The number of hydrogen-bond acceptors (Lipinski definition) is 2. The van der Waals surface area contributed by atoms with Gasteiger partial charge in [-0.15, -0.1) is 0 Å². The molecule has 0 spiro atoms. The summed E-state index contributed by atoms with van der Waals surface area (Å²) < 4.78 is 0. The molecule has 0 aliphatic carbocycles. The van der Waals surface area contributed by atoms with Gasteiger partial charge in [0.05, 0.1) is 10.7 Å². The number of halogens is 1. The SMILES string of the molecule is CCNCc1cccc(Cl)c1N1CCCC1. The van der Waals surface area contributed by atoms with Crippen LogP contribution >= 0.6 is 11.6 Å². The van der Waals surface area contributed by atoms with Gasteiger partial charge in [-0.1, -0.05) is 30.7 Å². The van der Waals surface area contributed by atoms with E-state index in [1.807, 2.05) is 12.1 Å². The van der Waals surface area contributed by atoms with Crippen LogP contribution in [0.25, 0.3) is 0 Å². The fraction of sp³-hybridized carbons (Fsp3) is 0.538. The topological polar surface area (TPSA) is 15.3 Å². The highest BCUT2D eigenvalue weighted by Crippen LogP contribution is 2.32. The number of rotatable bonds is 4. The highest BCUT2D eigenvalue weighted by atomic mass is 35.5. The Morgan fingerprint density at radius 2 is 2.06 bits per heavy atom. The van der Waals surface area contributed by atoms with Gasteiger partial charge < -0.3 is 10.2 Å². The molecule has 2 nitrogen and oxygen atoms in total. The standard InChI is InChI=1S/C13H19ClN2/c1-2-15-10-11-6-5-7-12(14)13(11)16-8-3-4-9-16/h5-7,15H,2-4,8-10H2,1H3. The van der Waals surface area contributed by atoms with Crippen molar-refractivity contribution in [1.29, 1.82) is 0 Å². The zero-order valence-corrected chi connectivity index (χ0v) is 10.6. The Balaban J connectivity index is 2.24. The van der Waals surface area contributed by atoms with Gasteiger partial charge in [0.25, 0.3) is 0 Å². The molecule has 0 unspecified atom stereocenters. The summed E-state index contributed by atoms with van der Waals surface area (Å²) in [5.74, 6) is 0. The van der Waals surface area contributed by atoms with E-state index >= 15 is 0 Å². The molecule has 88 valence electrons. The van der Waals surface area contributed by atoms with Crippen LogP contribution in [0.5, 0.6) is 0 Å². The van der Waals surface area contributed by atoms with E-state index in [9.17, 15) is 0 Å². The molecule has 1 heterocycles. The van der Waals surface area contributed by atoms with E-state index in [2.05, 4.69) is 23.2 Å². The van der Waals surface area contributed by atoms with Crippen molar-refractivity contribution in [2.24, 2.45) is 0 Å². The zero-order chi connectivity index (χ0) is 11.4. The van der Waals surface area contributed by atoms with Crippen LogP contribution in [0.4, 0.5) is 5.69 Å². The molecule has 1 aliphatic heterocycles. The lowest BCUT2D eigenvalue weighted by Gasteiger charge is -2.23. The van der Waals surface area contributed by atoms with E-state index in [-0.39, 0.29) is 0 Å². The van der Waals surface area contributed by atoms with Gasteiger partial charge in [-0.2, -0.15) is 0 Å². The molecule has 0 amide bonds. The lowest BCUT2D eigenvalue weighted by molar-refractivity contribution is 0.724. The molecular weight excluding hydrogens is 220 g/mol. The maximum absolute atomic E-state index is 6.32. The predicted octanol–water partition coefficient (Wildman–Crippen LogP) is 3.05. The Hall–Kier alpha value is -0.730. The second-order valence-electron chi connectivity index (χ2n) is 4.22. The Bertz CT molecular complexity index is 346. The quantitative estimate of drug-likeness (QED) is 0.868. The van der Waals surface area contributed by atoms with Crippen LogP contribution in [0.15, 0.2) is 18.2 Å². The van der Waals surface area contributed by atoms with Gasteiger partial charge >= 0.3 is 0 Å². The van der Waals surface area contributed by atoms with Crippen molar-refractivity contribution in [2.75, 3.05) is 24.5 Å². The maximum atomic E-state index is 6.32. The van der Waals surface area contributed by atoms with Crippen molar-refractivity contribution in [3.05, 3.63) is 28.8 Å². The Kier molecular flexibility index (Phi) is 4.08. The van der Waals surface area contributed by atoms with Gasteiger partial charge in [0.15, 0.2) is 0 Å². The third-order valence-corrected chi connectivity index (χ3v) is 3.36. The van der Waals surface area contributed by atoms with Crippen molar-refractivity contribution in [2.45, 2.75) is 26.3 Å². The number of anilines is 1. The summed E-state index contributed by atoms with van der Waals surface area (Å²) in [6.45, 7) is 6.31. The molecule has 0 bridgehead atoms. The summed E-state index contributed by atoms with van der Waals surface area (Å²) in [6.07, 6.45) is 2.57. The number of para-hydroxylation sites is 1. The highest BCUT2D eigenvalue weighted by Gasteiger charge is 2.17. The fourth-order valence-electron chi connectivity index (χ4n) is 2.26. The molecule has 1 aromatic rings. The smallest absolute Gasteiger partial charge is 0.0642 e. The summed E-state index contributed by atoms with van der Waals surface area (Å²) in [4.78, 5) is 2.41. The van der Waals surface area contributed by atoms with Crippen molar-refractivity contribution >= 4 is 17.3 Å². The first-order valence-electron chi connectivity index (χ1n) is 6.06. The van der Waals surface area contributed by atoms with E-state index in [1.54, 1.807) is 0 Å². The molecule has 0 radical (unpaired) electrons. The number of nitrogens with zero attached hydrogens (tertiary/aromatic N) is 1. The van der Waals surface area contributed by atoms with Crippen molar-refractivity contribution in [3.8, 4) is 0 Å². The van der Waals surface area contributed by atoms with Crippen LogP contribution < -0.4 is 10.2 Å². The second-order valence-corrected chi connectivity index (χ2v) is 4.63. The van der Waals surface area contributed by atoms with Crippen LogP contribution in [-0.2, 0) is 6.54 Å². The van der Waals surface area contributed by atoms with Crippen LogP contribution in [0, 0.1) is 0 Å². The summed E-state index contributed by atoms with van der Waals surface area (Å²) in [6, 6.07) is 6.20.